The van der Waals surface area contributed by atoms with Crippen molar-refractivity contribution in [3.63, 3.8) is 0 Å². The van der Waals surface area contributed by atoms with Gasteiger partial charge < -0.3 is 15.4 Å². The normalized spacial score (nSPS) is 15.8. The van der Waals surface area contributed by atoms with Crippen molar-refractivity contribution in [3.8, 4) is 0 Å². The summed E-state index contributed by atoms with van der Waals surface area (Å²) in [6.45, 7) is 4.93. The molecule has 0 aliphatic carbocycles. The molecule has 6 heteroatoms. The van der Waals surface area contributed by atoms with Gasteiger partial charge >= 0.3 is 0 Å². The van der Waals surface area contributed by atoms with Crippen molar-refractivity contribution < 1.29 is 13.9 Å². The van der Waals surface area contributed by atoms with Crippen molar-refractivity contribution in [3.05, 3.63) is 58.9 Å². The van der Waals surface area contributed by atoms with Crippen LogP contribution in [0, 0.1) is 5.82 Å². The maximum atomic E-state index is 13.8. The molecule has 1 aliphatic heterocycles. The smallest absolute Gasteiger partial charge is 0.227 e. The minimum absolute atomic E-state index is 0.0221. The largest absolute Gasteiger partial charge is 0.399 e. The fourth-order valence-corrected chi connectivity index (χ4v) is 3.36. The van der Waals surface area contributed by atoms with E-state index in [1.807, 2.05) is 13.8 Å². The molecule has 3 rings (SSSR count). The number of thiol groups is 1. The Morgan fingerprint density at radius 1 is 1.26 bits per heavy atom. The van der Waals surface area contributed by atoms with E-state index >= 15 is 0 Å². The lowest BCUT2D eigenvalue weighted by molar-refractivity contribution is -0.119. The molecular weight excluding hydrogens is 363 g/mol. The Labute approximate surface area is 165 Å². The second kappa shape index (κ2) is 9.76. The first-order valence-electron chi connectivity index (χ1n) is 8.98. The van der Waals surface area contributed by atoms with Crippen LogP contribution in [0.2, 0.25) is 0 Å². The molecule has 2 aromatic rings. The first-order chi connectivity index (χ1) is 12.9. The molecule has 0 saturated heterocycles. The van der Waals surface area contributed by atoms with E-state index in [0.29, 0.717) is 30.9 Å². The Morgan fingerprint density at radius 3 is 2.44 bits per heavy atom. The van der Waals surface area contributed by atoms with Gasteiger partial charge in [-0.1, -0.05) is 31.2 Å². The Hall–Kier alpha value is -2.05. The van der Waals surface area contributed by atoms with Gasteiger partial charge in [-0.2, -0.15) is 12.6 Å². The quantitative estimate of drug-likeness (QED) is 0.596. The van der Waals surface area contributed by atoms with E-state index in [0.717, 1.165) is 11.3 Å². The molecule has 1 amide bonds. The van der Waals surface area contributed by atoms with Crippen LogP contribution in [0.25, 0.3) is 0 Å². The molecule has 2 N–H and O–H groups in total. The van der Waals surface area contributed by atoms with Crippen LogP contribution in [-0.4, -0.2) is 19.6 Å². The molecule has 2 aromatic carbocycles. The van der Waals surface area contributed by atoms with Crippen LogP contribution in [0.5, 0.6) is 0 Å². The minimum Gasteiger partial charge on any atom is -0.399 e. The van der Waals surface area contributed by atoms with Gasteiger partial charge in [0.25, 0.3) is 0 Å². The molecule has 0 radical (unpaired) electrons. The summed E-state index contributed by atoms with van der Waals surface area (Å²) in [6, 6.07) is 11.3. The number of rotatable bonds is 4. The number of hydrogen-bond acceptors (Lipinski definition) is 4. The third-order valence-electron chi connectivity index (χ3n) is 4.53. The average molecular weight is 391 g/mol. The number of anilines is 2. The molecule has 0 aromatic heterocycles. The molecule has 0 spiro atoms. The van der Waals surface area contributed by atoms with E-state index < -0.39 is 5.82 Å². The minimum atomic E-state index is -0.406. The van der Waals surface area contributed by atoms with E-state index in [1.165, 1.54) is 22.1 Å². The summed E-state index contributed by atoms with van der Waals surface area (Å²) < 4.78 is 18.8. The van der Waals surface area contributed by atoms with Crippen molar-refractivity contribution >= 4 is 29.9 Å². The van der Waals surface area contributed by atoms with Crippen molar-refractivity contribution in [1.82, 2.24) is 0 Å². The number of nitrogens with two attached hydrogens (primary N) is 1. The first-order valence-corrected chi connectivity index (χ1v) is 9.61. The number of nitrogen functional groups attached to an aromatic ring is 1. The zero-order valence-electron chi connectivity index (χ0n) is 16.0. The summed E-state index contributed by atoms with van der Waals surface area (Å²) in [5, 5.41) is 0. The van der Waals surface area contributed by atoms with Gasteiger partial charge in [0.2, 0.25) is 5.91 Å². The van der Waals surface area contributed by atoms with E-state index in [1.54, 1.807) is 13.2 Å². The van der Waals surface area contributed by atoms with Gasteiger partial charge in [0.15, 0.2) is 0 Å². The maximum Gasteiger partial charge on any atom is 0.227 e. The third-order valence-corrected chi connectivity index (χ3v) is 4.90. The zero-order chi connectivity index (χ0) is 20.0. The number of amides is 1. The highest BCUT2D eigenvalue weighted by molar-refractivity contribution is 7.79. The fourth-order valence-electron chi connectivity index (χ4n) is 3.15. The SMILES string of the molecule is CCN1C(=O)CC(C)c2cc(N)cc(F)c21.COCc1ccc(CS)cc1. The molecule has 1 atom stereocenters. The predicted molar refractivity (Wildman–Crippen MR) is 112 cm³/mol. The molecule has 0 bridgehead atoms. The van der Waals surface area contributed by atoms with Crippen LogP contribution in [0.15, 0.2) is 36.4 Å². The maximum absolute atomic E-state index is 13.8. The van der Waals surface area contributed by atoms with Crippen LogP contribution in [0.4, 0.5) is 15.8 Å². The number of methoxy groups -OCH3 is 1. The summed E-state index contributed by atoms with van der Waals surface area (Å²) in [4.78, 5) is 13.3. The number of halogens is 1. The van der Waals surface area contributed by atoms with Crippen molar-refractivity contribution in [2.75, 3.05) is 24.3 Å². The number of carbonyl (C=O) groups is 1. The molecule has 0 fully saturated rings. The molecule has 27 heavy (non-hydrogen) atoms. The first kappa shape index (κ1) is 21.3. The zero-order valence-corrected chi connectivity index (χ0v) is 16.9. The number of fused-ring (bicyclic) bond motifs is 1. The molecule has 1 heterocycles. The molecule has 0 saturated carbocycles. The number of hydrogen-bond donors (Lipinski definition) is 2. The Morgan fingerprint density at radius 2 is 1.89 bits per heavy atom. The number of carbonyl (C=O) groups excluding carboxylic acids is 1. The summed E-state index contributed by atoms with van der Waals surface area (Å²) in [5.74, 6) is 0.402. The fraction of sp³-hybridized carbons (Fsp3) is 0.381. The van der Waals surface area contributed by atoms with Gasteiger partial charge in [-0.3, -0.25) is 4.79 Å². The van der Waals surface area contributed by atoms with Crippen molar-refractivity contribution in [1.29, 1.82) is 0 Å². The number of nitrogens with zero attached hydrogens (tertiary/aromatic N) is 1. The highest BCUT2D eigenvalue weighted by Gasteiger charge is 2.30. The molecule has 146 valence electrons. The van der Waals surface area contributed by atoms with E-state index in [-0.39, 0.29) is 11.8 Å². The van der Waals surface area contributed by atoms with Gasteiger partial charge in [-0.05, 0) is 41.7 Å². The van der Waals surface area contributed by atoms with E-state index in [9.17, 15) is 9.18 Å². The third kappa shape index (κ3) is 5.23. The second-order valence-electron chi connectivity index (χ2n) is 6.59. The van der Waals surface area contributed by atoms with E-state index in [4.69, 9.17) is 10.5 Å². The Kier molecular flexibility index (Phi) is 7.68. The molecular formula is C21H27FN2O2S. The lowest BCUT2D eigenvalue weighted by Crippen LogP contribution is -2.36. The van der Waals surface area contributed by atoms with Crippen LogP contribution < -0.4 is 10.6 Å². The summed E-state index contributed by atoms with van der Waals surface area (Å²) in [5.41, 5.74) is 9.72. The van der Waals surface area contributed by atoms with Gasteiger partial charge in [0, 0.05) is 31.5 Å². The lowest BCUT2D eigenvalue weighted by Gasteiger charge is -2.32. The topological polar surface area (TPSA) is 55.6 Å². The molecule has 4 nitrogen and oxygen atoms in total. The Bertz CT molecular complexity index is 780. The average Bonchev–Trinajstić information content (AvgIpc) is 2.64. The van der Waals surface area contributed by atoms with Crippen molar-refractivity contribution in [2.45, 2.75) is 38.5 Å². The van der Waals surface area contributed by atoms with Crippen LogP contribution >= 0.6 is 12.6 Å². The lowest BCUT2D eigenvalue weighted by atomic mass is 9.90. The highest BCUT2D eigenvalue weighted by atomic mass is 32.1. The van der Waals surface area contributed by atoms with Gasteiger partial charge in [0.1, 0.15) is 5.82 Å². The predicted octanol–water partition coefficient (Wildman–Crippen LogP) is 4.53. The van der Waals surface area contributed by atoms with Gasteiger partial charge in [-0.25, -0.2) is 4.39 Å². The molecule has 1 unspecified atom stereocenters. The Balaban J connectivity index is 0.000000208. The second-order valence-corrected chi connectivity index (χ2v) is 6.91. The highest BCUT2D eigenvalue weighted by Crippen LogP contribution is 2.38. The molecule has 1 aliphatic rings. The van der Waals surface area contributed by atoms with Gasteiger partial charge in [0.05, 0.1) is 12.3 Å². The van der Waals surface area contributed by atoms with Crippen LogP contribution in [0.3, 0.4) is 0 Å². The van der Waals surface area contributed by atoms with Gasteiger partial charge in [-0.15, -0.1) is 0 Å². The number of ether oxygens (including phenoxy) is 1. The van der Waals surface area contributed by atoms with Crippen LogP contribution in [-0.2, 0) is 21.9 Å². The summed E-state index contributed by atoms with van der Waals surface area (Å²) in [7, 11) is 1.70. The van der Waals surface area contributed by atoms with Crippen LogP contribution in [0.1, 0.15) is 42.9 Å². The summed E-state index contributed by atoms with van der Waals surface area (Å²) >= 11 is 4.17. The monoisotopic (exact) mass is 390 g/mol. The van der Waals surface area contributed by atoms with E-state index in [2.05, 4.69) is 36.9 Å². The standard InChI is InChI=1S/C12H15FN2O.C9H12OS/c1-3-15-11(16)4-7(2)9-5-8(14)6-10(13)12(9)15;1-10-6-8-2-4-9(7-11)5-3-8/h5-7H,3-4,14H2,1-2H3;2-5,11H,6-7H2,1H3. The summed E-state index contributed by atoms with van der Waals surface area (Å²) in [6.07, 6.45) is 0.420. The number of benzene rings is 2. The van der Waals surface area contributed by atoms with Crippen molar-refractivity contribution in [2.24, 2.45) is 0 Å².